The molecular formula is C12H19F3N2. The van der Waals surface area contributed by atoms with E-state index in [9.17, 15) is 13.2 Å². The van der Waals surface area contributed by atoms with Gasteiger partial charge < -0.3 is 9.88 Å². The molecule has 0 radical (unpaired) electrons. The largest absolute Gasteiger partial charge is 0.389 e. The number of hydrogen-bond acceptors (Lipinski definition) is 1. The summed E-state index contributed by atoms with van der Waals surface area (Å²) in [6.07, 6.45) is 0.0838. The summed E-state index contributed by atoms with van der Waals surface area (Å²) in [5, 5.41) is 3.17. The molecule has 98 valence electrons. The van der Waals surface area contributed by atoms with Crippen LogP contribution in [0.25, 0.3) is 0 Å². The summed E-state index contributed by atoms with van der Waals surface area (Å²) in [7, 11) is 1.88. The number of halogens is 3. The predicted octanol–water partition coefficient (Wildman–Crippen LogP) is 3.50. The van der Waals surface area contributed by atoms with Gasteiger partial charge in [0.25, 0.3) is 0 Å². The Morgan fingerprint density at radius 2 is 2.12 bits per heavy atom. The summed E-state index contributed by atoms with van der Waals surface area (Å²) in [5.41, 5.74) is 1.13. The molecule has 1 aromatic heterocycles. The van der Waals surface area contributed by atoms with E-state index in [1.807, 2.05) is 30.1 Å². The normalized spacial score (nSPS) is 13.9. The van der Waals surface area contributed by atoms with E-state index >= 15 is 0 Å². The van der Waals surface area contributed by atoms with Crippen LogP contribution in [-0.4, -0.2) is 17.8 Å². The van der Waals surface area contributed by atoms with Gasteiger partial charge in [0.2, 0.25) is 0 Å². The average molecular weight is 248 g/mol. The van der Waals surface area contributed by atoms with Gasteiger partial charge in [0.15, 0.2) is 0 Å². The van der Waals surface area contributed by atoms with E-state index in [0.29, 0.717) is 6.54 Å². The number of rotatable bonds is 6. The van der Waals surface area contributed by atoms with Crippen LogP contribution in [-0.2, 0) is 6.54 Å². The van der Waals surface area contributed by atoms with E-state index in [0.717, 1.165) is 12.0 Å². The SMILES string of the molecule is CCC(NC)c1ccn(CCCC(F)(F)F)c1. The first kappa shape index (κ1) is 14.1. The summed E-state index contributed by atoms with van der Waals surface area (Å²) in [4.78, 5) is 0. The van der Waals surface area contributed by atoms with E-state index in [1.54, 1.807) is 0 Å². The smallest absolute Gasteiger partial charge is 0.354 e. The molecule has 0 amide bonds. The van der Waals surface area contributed by atoms with Crippen LogP contribution in [0, 0.1) is 0 Å². The molecule has 0 saturated carbocycles. The van der Waals surface area contributed by atoms with Gasteiger partial charge in [0, 0.05) is 31.4 Å². The van der Waals surface area contributed by atoms with Crippen molar-refractivity contribution in [1.82, 2.24) is 9.88 Å². The van der Waals surface area contributed by atoms with Gasteiger partial charge in [-0.15, -0.1) is 0 Å². The zero-order chi connectivity index (χ0) is 12.9. The molecule has 17 heavy (non-hydrogen) atoms. The Hall–Kier alpha value is -0.970. The third kappa shape index (κ3) is 4.81. The van der Waals surface area contributed by atoms with Crippen molar-refractivity contribution in [3.05, 3.63) is 24.0 Å². The third-order valence-corrected chi connectivity index (χ3v) is 2.81. The lowest BCUT2D eigenvalue weighted by Gasteiger charge is -2.11. The van der Waals surface area contributed by atoms with Crippen molar-refractivity contribution < 1.29 is 13.2 Å². The topological polar surface area (TPSA) is 17.0 Å². The maximum Gasteiger partial charge on any atom is 0.389 e. The zero-order valence-electron chi connectivity index (χ0n) is 10.2. The fourth-order valence-corrected chi connectivity index (χ4v) is 1.87. The van der Waals surface area contributed by atoms with Crippen LogP contribution in [0.3, 0.4) is 0 Å². The van der Waals surface area contributed by atoms with Gasteiger partial charge in [-0.1, -0.05) is 6.92 Å². The molecule has 0 aliphatic carbocycles. The van der Waals surface area contributed by atoms with Gasteiger partial charge in [-0.2, -0.15) is 13.2 Å². The Morgan fingerprint density at radius 3 is 2.65 bits per heavy atom. The summed E-state index contributed by atoms with van der Waals surface area (Å²) >= 11 is 0. The van der Waals surface area contributed by atoms with Crippen LogP contribution < -0.4 is 5.32 Å². The first-order chi connectivity index (χ1) is 7.96. The molecule has 1 rings (SSSR count). The highest BCUT2D eigenvalue weighted by Crippen LogP contribution is 2.22. The Kier molecular flexibility index (Phi) is 5.05. The average Bonchev–Trinajstić information content (AvgIpc) is 2.67. The summed E-state index contributed by atoms with van der Waals surface area (Å²) in [6.45, 7) is 2.49. The Morgan fingerprint density at radius 1 is 1.41 bits per heavy atom. The second kappa shape index (κ2) is 6.10. The molecule has 1 unspecified atom stereocenters. The van der Waals surface area contributed by atoms with Gasteiger partial charge in [0.05, 0.1) is 0 Å². The van der Waals surface area contributed by atoms with Gasteiger partial charge in [-0.25, -0.2) is 0 Å². The Labute approximate surface area is 99.8 Å². The molecule has 0 aliphatic heterocycles. The van der Waals surface area contributed by atoms with Crippen molar-refractivity contribution in [2.45, 2.75) is 44.9 Å². The molecule has 0 aliphatic rings. The van der Waals surface area contributed by atoms with E-state index < -0.39 is 12.6 Å². The minimum atomic E-state index is -4.05. The molecule has 0 spiro atoms. The second-order valence-electron chi connectivity index (χ2n) is 4.15. The second-order valence-corrected chi connectivity index (χ2v) is 4.15. The first-order valence-electron chi connectivity index (χ1n) is 5.86. The molecule has 0 fully saturated rings. The molecule has 0 aromatic carbocycles. The van der Waals surface area contributed by atoms with Gasteiger partial charge in [-0.05, 0) is 31.5 Å². The number of aryl methyl sites for hydroxylation is 1. The fraction of sp³-hybridized carbons (Fsp3) is 0.667. The minimum Gasteiger partial charge on any atom is -0.354 e. The standard InChI is InChI=1S/C12H19F3N2/c1-3-11(16-2)10-5-8-17(9-10)7-4-6-12(13,14)15/h5,8-9,11,16H,3-4,6-7H2,1-2H3. The number of aromatic nitrogens is 1. The quantitative estimate of drug-likeness (QED) is 0.815. The maximum absolute atomic E-state index is 12.0. The van der Waals surface area contributed by atoms with Crippen LogP contribution in [0.2, 0.25) is 0 Å². The Balaban J connectivity index is 2.46. The Bertz CT molecular complexity index is 327. The van der Waals surface area contributed by atoms with Crippen LogP contribution >= 0.6 is 0 Å². The van der Waals surface area contributed by atoms with E-state index in [1.165, 1.54) is 0 Å². The zero-order valence-corrected chi connectivity index (χ0v) is 10.2. The fourth-order valence-electron chi connectivity index (χ4n) is 1.87. The van der Waals surface area contributed by atoms with E-state index in [4.69, 9.17) is 0 Å². The highest BCUT2D eigenvalue weighted by molar-refractivity contribution is 5.15. The van der Waals surface area contributed by atoms with Gasteiger partial charge >= 0.3 is 6.18 Å². The van der Waals surface area contributed by atoms with Crippen molar-refractivity contribution in [1.29, 1.82) is 0 Å². The molecule has 1 N–H and O–H groups in total. The first-order valence-corrected chi connectivity index (χ1v) is 5.86. The van der Waals surface area contributed by atoms with Crippen LogP contribution in [0.15, 0.2) is 18.5 Å². The number of nitrogens with one attached hydrogen (secondary N) is 1. The number of hydrogen-bond donors (Lipinski definition) is 1. The van der Waals surface area contributed by atoms with E-state index in [2.05, 4.69) is 12.2 Å². The molecule has 0 bridgehead atoms. The number of nitrogens with zero attached hydrogens (tertiary/aromatic N) is 1. The van der Waals surface area contributed by atoms with Crippen LogP contribution in [0.5, 0.6) is 0 Å². The molecule has 0 saturated heterocycles. The van der Waals surface area contributed by atoms with Crippen molar-refractivity contribution in [3.63, 3.8) is 0 Å². The molecule has 1 atom stereocenters. The summed E-state index contributed by atoms with van der Waals surface area (Å²) in [6, 6.07) is 2.23. The van der Waals surface area contributed by atoms with Crippen LogP contribution in [0.4, 0.5) is 13.2 Å². The summed E-state index contributed by atoms with van der Waals surface area (Å²) < 4.78 is 37.8. The van der Waals surface area contributed by atoms with Crippen LogP contribution in [0.1, 0.15) is 37.8 Å². The lowest BCUT2D eigenvalue weighted by atomic mass is 10.1. The van der Waals surface area contributed by atoms with Crippen molar-refractivity contribution >= 4 is 0 Å². The molecule has 1 aromatic rings. The molecule has 2 nitrogen and oxygen atoms in total. The third-order valence-electron chi connectivity index (χ3n) is 2.81. The van der Waals surface area contributed by atoms with Crippen molar-refractivity contribution in [2.75, 3.05) is 7.05 Å². The molecular weight excluding hydrogens is 229 g/mol. The number of alkyl halides is 3. The maximum atomic E-state index is 12.0. The molecule has 1 heterocycles. The van der Waals surface area contributed by atoms with Gasteiger partial charge in [-0.3, -0.25) is 0 Å². The molecule has 5 heteroatoms. The van der Waals surface area contributed by atoms with Gasteiger partial charge in [0.1, 0.15) is 0 Å². The summed E-state index contributed by atoms with van der Waals surface area (Å²) in [5.74, 6) is 0. The predicted molar refractivity (Wildman–Crippen MR) is 61.8 cm³/mol. The minimum absolute atomic E-state index is 0.133. The monoisotopic (exact) mass is 248 g/mol. The van der Waals surface area contributed by atoms with Crippen molar-refractivity contribution in [3.8, 4) is 0 Å². The van der Waals surface area contributed by atoms with E-state index in [-0.39, 0.29) is 12.5 Å². The lowest BCUT2D eigenvalue weighted by molar-refractivity contribution is -0.135. The highest BCUT2D eigenvalue weighted by atomic mass is 19.4. The lowest BCUT2D eigenvalue weighted by Crippen LogP contribution is -2.14. The van der Waals surface area contributed by atoms with Crippen molar-refractivity contribution in [2.24, 2.45) is 0 Å². The highest BCUT2D eigenvalue weighted by Gasteiger charge is 2.25.